The van der Waals surface area contributed by atoms with E-state index in [1.165, 1.54) is 11.8 Å². The number of nitrogens with zero attached hydrogens (tertiary/aromatic N) is 1. The fourth-order valence-electron chi connectivity index (χ4n) is 5.50. The van der Waals surface area contributed by atoms with Crippen LogP contribution in [0.5, 0.6) is 0 Å². The lowest BCUT2D eigenvalue weighted by Gasteiger charge is -2.50. The molecule has 0 spiro atoms. The standard InChI is InChI=1S/C23H24N2O7/c1-9(26)11-5-4-6-12-13(11)7-10-8-14-17(25(2)3)19(28)16(22(24)31)21(30)23(14,32)20(29)15(10)18(12)27/h4-6,10,14,17,27,30,32H,7-8H2,1-3H3,(H2,24,31)/t10?,14?,17-,23+/m1/s1. The van der Waals surface area contributed by atoms with E-state index in [2.05, 4.69) is 0 Å². The smallest absolute Gasteiger partial charge is 0.255 e. The van der Waals surface area contributed by atoms with Crippen molar-refractivity contribution in [3.63, 3.8) is 0 Å². The highest BCUT2D eigenvalue weighted by atomic mass is 16.3. The van der Waals surface area contributed by atoms with Crippen LogP contribution in [0.15, 0.2) is 35.1 Å². The average molecular weight is 440 g/mol. The van der Waals surface area contributed by atoms with Crippen LogP contribution in [0.1, 0.15) is 34.8 Å². The van der Waals surface area contributed by atoms with E-state index in [1.807, 2.05) is 0 Å². The summed E-state index contributed by atoms with van der Waals surface area (Å²) in [4.78, 5) is 52.1. The zero-order chi connectivity index (χ0) is 23.7. The minimum Gasteiger partial charge on any atom is -0.508 e. The molecule has 4 atom stereocenters. The molecule has 1 aromatic rings. The van der Waals surface area contributed by atoms with E-state index >= 15 is 0 Å². The SMILES string of the molecule is CC(=O)c1cccc2c1CC1CC3[C@@H](N(C)C)C(=O)C(C(N)=O)=C(O)[C@@]3(O)C(=O)C1=C2O. The van der Waals surface area contributed by atoms with Gasteiger partial charge >= 0.3 is 0 Å². The van der Waals surface area contributed by atoms with Gasteiger partial charge < -0.3 is 21.1 Å². The first-order valence-corrected chi connectivity index (χ1v) is 10.2. The maximum atomic E-state index is 13.6. The second kappa shape index (κ2) is 7.11. The third-order valence-corrected chi connectivity index (χ3v) is 6.89. The van der Waals surface area contributed by atoms with E-state index in [4.69, 9.17) is 5.73 Å². The van der Waals surface area contributed by atoms with Gasteiger partial charge in [-0.05, 0) is 45.3 Å². The molecule has 0 heterocycles. The summed E-state index contributed by atoms with van der Waals surface area (Å²) in [5, 5.41) is 33.2. The van der Waals surface area contributed by atoms with Gasteiger partial charge in [-0.25, -0.2) is 0 Å². The lowest BCUT2D eigenvalue weighted by Crippen LogP contribution is -2.65. The summed E-state index contributed by atoms with van der Waals surface area (Å²) in [5.41, 5.74) is 3.09. The molecule has 0 saturated heterocycles. The Hall–Kier alpha value is -3.30. The Bertz CT molecular complexity index is 1160. The largest absolute Gasteiger partial charge is 0.508 e. The number of aliphatic hydroxyl groups excluding tert-OH is 2. The van der Waals surface area contributed by atoms with Crippen LogP contribution in [0.25, 0.3) is 5.76 Å². The van der Waals surface area contributed by atoms with Crippen molar-refractivity contribution >= 4 is 29.0 Å². The molecule has 32 heavy (non-hydrogen) atoms. The van der Waals surface area contributed by atoms with Gasteiger partial charge in [0.25, 0.3) is 5.91 Å². The molecular formula is C23H24N2O7. The van der Waals surface area contributed by atoms with E-state index in [0.29, 0.717) is 16.7 Å². The van der Waals surface area contributed by atoms with Crippen molar-refractivity contribution in [1.82, 2.24) is 4.90 Å². The van der Waals surface area contributed by atoms with Gasteiger partial charge in [0.15, 0.2) is 17.2 Å². The van der Waals surface area contributed by atoms with Gasteiger partial charge in [-0.3, -0.25) is 24.1 Å². The third kappa shape index (κ3) is 2.71. The first-order valence-electron chi connectivity index (χ1n) is 10.2. The predicted octanol–water partition coefficient (Wildman–Crippen LogP) is 0.461. The molecule has 2 unspecified atom stereocenters. The lowest BCUT2D eigenvalue weighted by atomic mass is 9.57. The van der Waals surface area contributed by atoms with E-state index in [9.17, 15) is 34.5 Å². The summed E-state index contributed by atoms with van der Waals surface area (Å²) >= 11 is 0. The number of carbonyl (C=O) groups is 4. The highest BCUT2D eigenvalue weighted by Crippen LogP contribution is 2.51. The molecule has 9 nitrogen and oxygen atoms in total. The first kappa shape index (κ1) is 21.9. The number of nitrogens with two attached hydrogens (primary N) is 1. The molecule has 1 aromatic carbocycles. The Morgan fingerprint density at radius 3 is 2.41 bits per heavy atom. The summed E-state index contributed by atoms with van der Waals surface area (Å²) < 4.78 is 0. The number of hydrogen-bond donors (Lipinski definition) is 4. The minimum atomic E-state index is -2.59. The van der Waals surface area contributed by atoms with Gasteiger partial charge in [-0.2, -0.15) is 0 Å². The number of hydrogen-bond acceptors (Lipinski definition) is 8. The molecule has 5 N–H and O–H groups in total. The van der Waals surface area contributed by atoms with Gasteiger partial charge in [0.1, 0.15) is 17.1 Å². The molecule has 9 heteroatoms. The summed E-state index contributed by atoms with van der Waals surface area (Å²) in [6.45, 7) is 1.41. The van der Waals surface area contributed by atoms with Gasteiger partial charge in [0.05, 0.1) is 6.04 Å². The Morgan fingerprint density at radius 1 is 1.19 bits per heavy atom. The van der Waals surface area contributed by atoms with Crippen molar-refractivity contribution in [2.24, 2.45) is 17.6 Å². The lowest BCUT2D eigenvalue weighted by molar-refractivity contribution is -0.153. The van der Waals surface area contributed by atoms with Crippen LogP contribution in [0.4, 0.5) is 0 Å². The average Bonchev–Trinajstić information content (AvgIpc) is 2.70. The molecule has 1 saturated carbocycles. The molecule has 0 aliphatic heterocycles. The topological polar surface area (TPSA) is 158 Å². The molecule has 3 aliphatic rings. The third-order valence-electron chi connectivity index (χ3n) is 6.89. The first-order chi connectivity index (χ1) is 14.9. The summed E-state index contributed by atoms with van der Waals surface area (Å²) in [6, 6.07) is 3.69. The molecule has 0 radical (unpaired) electrons. The van der Waals surface area contributed by atoms with Crippen LogP contribution in [0, 0.1) is 11.8 Å². The number of ketones is 3. The maximum absolute atomic E-state index is 13.6. The Labute approximate surface area is 183 Å². The van der Waals surface area contributed by atoms with Crippen molar-refractivity contribution in [3.8, 4) is 0 Å². The van der Waals surface area contributed by atoms with E-state index < -0.39 is 52.3 Å². The molecule has 168 valence electrons. The van der Waals surface area contributed by atoms with Crippen LogP contribution in [-0.2, 0) is 20.8 Å². The number of aliphatic hydroxyl groups is 3. The van der Waals surface area contributed by atoms with Gasteiger partial charge in [0, 0.05) is 22.6 Å². The second-order valence-electron chi connectivity index (χ2n) is 8.85. The van der Waals surface area contributed by atoms with Gasteiger partial charge in [0.2, 0.25) is 5.78 Å². The quantitative estimate of drug-likeness (QED) is 0.390. The highest BCUT2D eigenvalue weighted by Gasteiger charge is 2.64. The monoisotopic (exact) mass is 440 g/mol. The molecule has 1 amide bonds. The summed E-state index contributed by atoms with van der Waals surface area (Å²) in [6.07, 6.45) is 0.294. The number of carbonyl (C=O) groups excluding carboxylic acids is 4. The molecule has 1 fully saturated rings. The van der Waals surface area contributed by atoms with Crippen LogP contribution < -0.4 is 5.73 Å². The van der Waals surface area contributed by atoms with E-state index in [-0.39, 0.29) is 30.0 Å². The van der Waals surface area contributed by atoms with E-state index in [0.717, 1.165) is 0 Å². The minimum absolute atomic E-state index is 0.0536. The molecule has 0 bridgehead atoms. The highest BCUT2D eigenvalue weighted by molar-refractivity contribution is 6.24. The summed E-state index contributed by atoms with van der Waals surface area (Å²) in [5.74, 6) is -6.35. The Kier molecular flexibility index (Phi) is 4.87. The number of Topliss-reactive ketones (excluding diaryl/α,β-unsaturated/α-hetero) is 3. The zero-order valence-electron chi connectivity index (χ0n) is 17.9. The van der Waals surface area contributed by atoms with Crippen molar-refractivity contribution in [3.05, 3.63) is 51.8 Å². The predicted molar refractivity (Wildman–Crippen MR) is 113 cm³/mol. The van der Waals surface area contributed by atoms with E-state index in [1.54, 1.807) is 32.3 Å². The van der Waals surface area contributed by atoms with Crippen LogP contribution in [0.3, 0.4) is 0 Å². The number of benzene rings is 1. The van der Waals surface area contributed by atoms with Crippen molar-refractivity contribution < 1.29 is 34.5 Å². The summed E-state index contributed by atoms with van der Waals surface area (Å²) in [7, 11) is 3.11. The normalized spacial score (nSPS) is 29.6. The fourth-order valence-corrected chi connectivity index (χ4v) is 5.50. The molecular weight excluding hydrogens is 416 g/mol. The molecule has 3 aliphatic carbocycles. The number of fused-ring (bicyclic) bond motifs is 3. The van der Waals surface area contributed by atoms with Crippen molar-refractivity contribution in [2.45, 2.75) is 31.4 Å². The van der Waals surface area contributed by atoms with Gasteiger partial charge in [-0.1, -0.05) is 18.2 Å². The fraction of sp³-hybridized carbons (Fsp3) is 0.391. The number of likely N-dealkylation sites (N-methyl/N-ethyl adjacent to an activating group) is 1. The number of rotatable bonds is 3. The van der Waals surface area contributed by atoms with Crippen LogP contribution in [0.2, 0.25) is 0 Å². The van der Waals surface area contributed by atoms with Crippen molar-refractivity contribution in [1.29, 1.82) is 0 Å². The molecule has 4 rings (SSSR count). The van der Waals surface area contributed by atoms with Gasteiger partial charge in [-0.15, -0.1) is 0 Å². The Balaban J connectivity index is 1.97. The second-order valence-corrected chi connectivity index (χ2v) is 8.85. The molecule has 0 aromatic heterocycles. The van der Waals surface area contributed by atoms with Crippen molar-refractivity contribution in [2.75, 3.05) is 14.1 Å². The number of amides is 1. The van der Waals surface area contributed by atoms with Crippen LogP contribution in [-0.4, -0.2) is 69.2 Å². The Morgan fingerprint density at radius 2 is 1.84 bits per heavy atom. The zero-order valence-corrected chi connectivity index (χ0v) is 17.9. The maximum Gasteiger partial charge on any atom is 0.255 e. The van der Waals surface area contributed by atoms with Crippen LogP contribution >= 0.6 is 0 Å². The number of primary amides is 1.